The van der Waals surface area contributed by atoms with E-state index in [1.165, 1.54) is 12.1 Å². The molecule has 3 aromatic rings. The van der Waals surface area contributed by atoms with E-state index in [2.05, 4.69) is 15.1 Å². The number of halogens is 1. The first-order chi connectivity index (χ1) is 18.4. The number of para-hydroxylation sites is 1. The van der Waals surface area contributed by atoms with Crippen LogP contribution in [-0.4, -0.2) is 65.8 Å². The Morgan fingerprint density at radius 1 is 1.08 bits per heavy atom. The summed E-state index contributed by atoms with van der Waals surface area (Å²) in [6, 6.07) is 12.7. The lowest BCUT2D eigenvalue weighted by Gasteiger charge is -2.43. The number of hydrogen-bond donors (Lipinski definition) is 2. The Bertz CT molecular complexity index is 1490. The molecule has 0 radical (unpaired) electrons. The monoisotopic (exact) mass is 555 g/mol. The molecule has 2 fully saturated rings. The second-order valence-electron chi connectivity index (χ2n) is 11.6. The topological polar surface area (TPSA) is 113 Å². The first-order valence-electron chi connectivity index (χ1n) is 13.2. The van der Waals surface area contributed by atoms with Crippen molar-refractivity contribution in [3.63, 3.8) is 0 Å². The number of fused-ring (bicyclic) bond motifs is 1. The molecule has 0 bridgehead atoms. The van der Waals surface area contributed by atoms with Crippen LogP contribution in [0.4, 0.5) is 4.39 Å². The largest absolute Gasteiger partial charge is 0.340 e. The van der Waals surface area contributed by atoms with Crippen molar-refractivity contribution in [2.45, 2.75) is 51.4 Å². The lowest BCUT2D eigenvalue weighted by atomic mass is 9.84. The van der Waals surface area contributed by atoms with Crippen molar-refractivity contribution in [1.29, 1.82) is 0 Å². The molecule has 39 heavy (non-hydrogen) atoms. The summed E-state index contributed by atoms with van der Waals surface area (Å²) in [5, 5.41) is 7.89. The fourth-order valence-electron chi connectivity index (χ4n) is 4.82. The molecule has 9 nitrogen and oxygen atoms in total. The number of rotatable bonds is 9. The molecule has 11 heteroatoms. The standard InChI is InChI=1S/C28H34FN5O4S/c1-28(2,3)25(27(36)33-15-19(16-33)14-30-39(37,38)21-12-13-21)31-26(35)24-22-6-4-5-7-23(22)34(32-24)17-18-8-10-20(29)11-9-18/h4-11,19,21,25,30H,12-17H2,1-3H3,(H,31,35)/t25-/m1/s1. The number of aromatic nitrogens is 2. The van der Waals surface area contributed by atoms with Gasteiger partial charge in [0.05, 0.1) is 17.3 Å². The van der Waals surface area contributed by atoms with E-state index in [1.54, 1.807) is 21.7 Å². The number of nitrogens with one attached hydrogen (secondary N) is 2. The van der Waals surface area contributed by atoms with Crippen LogP contribution in [0.15, 0.2) is 48.5 Å². The van der Waals surface area contributed by atoms with Gasteiger partial charge in [-0.2, -0.15) is 5.10 Å². The van der Waals surface area contributed by atoms with Gasteiger partial charge in [0.2, 0.25) is 15.9 Å². The van der Waals surface area contributed by atoms with Crippen molar-refractivity contribution >= 4 is 32.7 Å². The highest BCUT2D eigenvalue weighted by Gasteiger charge is 2.42. The molecule has 1 saturated carbocycles. The number of hydrogen-bond acceptors (Lipinski definition) is 5. The summed E-state index contributed by atoms with van der Waals surface area (Å²) in [5.74, 6) is -0.932. The van der Waals surface area contributed by atoms with Crippen molar-refractivity contribution in [2.24, 2.45) is 11.3 Å². The van der Waals surface area contributed by atoms with E-state index in [4.69, 9.17) is 0 Å². The first-order valence-corrected chi connectivity index (χ1v) is 14.7. The number of likely N-dealkylation sites (tertiary alicyclic amines) is 1. The van der Waals surface area contributed by atoms with Gasteiger partial charge in [0.15, 0.2) is 5.69 Å². The van der Waals surface area contributed by atoms with Crippen molar-refractivity contribution in [2.75, 3.05) is 19.6 Å². The molecule has 2 aromatic carbocycles. The Morgan fingerprint density at radius 3 is 2.38 bits per heavy atom. The Balaban J connectivity index is 1.28. The van der Waals surface area contributed by atoms with Crippen LogP contribution in [0.25, 0.3) is 10.9 Å². The highest BCUT2D eigenvalue weighted by atomic mass is 32.2. The molecule has 1 atom stereocenters. The van der Waals surface area contributed by atoms with Gasteiger partial charge in [-0.1, -0.05) is 51.1 Å². The number of benzene rings is 2. The predicted octanol–water partition coefficient (Wildman–Crippen LogP) is 2.91. The SMILES string of the molecule is CC(C)(C)[C@H](NC(=O)c1nn(Cc2ccc(F)cc2)c2ccccc12)C(=O)N1CC(CNS(=O)(=O)C2CC2)C1. The van der Waals surface area contributed by atoms with Crippen LogP contribution in [0.1, 0.15) is 49.7 Å². The smallest absolute Gasteiger partial charge is 0.273 e. The maximum absolute atomic E-state index is 13.5. The maximum Gasteiger partial charge on any atom is 0.273 e. The number of amides is 2. The van der Waals surface area contributed by atoms with Crippen molar-refractivity contribution in [3.05, 3.63) is 65.6 Å². The van der Waals surface area contributed by atoms with Crippen LogP contribution in [0.5, 0.6) is 0 Å². The third-order valence-corrected chi connectivity index (χ3v) is 9.23. The van der Waals surface area contributed by atoms with Gasteiger partial charge in [-0.15, -0.1) is 0 Å². The molecule has 1 aromatic heterocycles. The van der Waals surface area contributed by atoms with Crippen molar-refractivity contribution in [3.8, 4) is 0 Å². The van der Waals surface area contributed by atoms with Crippen LogP contribution in [-0.2, 0) is 21.4 Å². The molecule has 2 amide bonds. The molecule has 0 spiro atoms. The molecule has 2 heterocycles. The number of sulfonamides is 1. The van der Waals surface area contributed by atoms with Gasteiger partial charge < -0.3 is 10.2 Å². The minimum atomic E-state index is -3.26. The molecular weight excluding hydrogens is 521 g/mol. The van der Waals surface area contributed by atoms with E-state index in [0.29, 0.717) is 44.4 Å². The number of carbonyl (C=O) groups excluding carboxylic acids is 2. The normalized spacial score (nSPS) is 17.2. The number of carbonyl (C=O) groups is 2. The molecule has 5 rings (SSSR count). The first kappa shape index (κ1) is 27.3. The molecule has 0 unspecified atom stereocenters. The summed E-state index contributed by atoms with van der Waals surface area (Å²) < 4.78 is 41.9. The van der Waals surface area contributed by atoms with E-state index in [9.17, 15) is 22.4 Å². The Morgan fingerprint density at radius 2 is 1.74 bits per heavy atom. The van der Waals surface area contributed by atoms with Crippen molar-refractivity contribution < 1.29 is 22.4 Å². The highest BCUT2D eigenvalue weighted by molar-refractivity contribution is 7.90. The lowest BCUT2D eigenvalue weighted by Crippen LogP contribution is -2.61. The molecule has 2 aliphatic rings. The maximum atomic E-state index is 13.5. The molecule has 1 aliphatic heterocycles. The average molecular weight is 556 g/mol. The summed E-state index contributed by atoms with van der Waals surface area (Å²) in [6.07, 6.45) is 1.41. The zero-order valence-corrected chi connectivity index (χ0v) is 23.2. The molecule has 1 saturated heterocycles. The van der Waals surface area contributed by atoms with E-state index in [1.807, 2.05) is 45.0 Å². The van der Waals surface area contributed by atoms with E-state index in [0.717, 1.165) is 11.1 Å². The van der Waals surface area contributed by atoms with Gasteiger partial charge in [0, 0.05) is 30.9 Å². The average Bonchev–Trinajstić information content (AvgIpc) is 3.66. The van der Waals surface area contributed by atoms with Crippen LogP contribution in [0.3, 0.4) is 0 Å². The minimum Gasteiger partial charge on any atom is -0.340 e. The van der Waals surface area contributed by atoms with Gasteiger partial charge in [0.25, 0.3) is 5.91 Å². The fourth-order valence-corrected chi connectivity index (χ4v) is 6.28. The summed E-state index contributed by atoms with van der Waals surface area (Å²) in [5.41, 5.74) is 1.24. The Kier molecular flexibility index (Phi) is 7.23. The zero-order chi connectivity index (χ0) is 27.9. The highest BCUT2D eigenvalue weighted by Crippen LogP contribution is 2.29. The quantitative estimate of drug-likeness (QED) is 0.422. The molecule has 1 aliphatic carbocycles. The Hall–Kier alpha value is -3.31. The third kappa shape index (κ3) is 5.99. The molecular formula is C28H34FN5O4S. The van der Waals surface area contributed by atoms with Crippen LogP contribution in [0.2, 0.25) is 0 Å². The fraction of sp³-hybridized carbons (Fsp3) is 0.464. The zero-order valence-electron chi connectivity index (χ0n) is 22.4. The second-order valence-corrected chi connectivity index (χ2v) is 13.7. The van der Waals surface area contributed by atoms with Crippen molar-refractivity contribution in [1.82, 2.24) is 24.7 Å². The molecule has 208 valence electrons. The van der Waals surface area contributed by atoms with Crippen LogP contribution in [0, 0.1) is 17.2 Å². The summed E-state index contributed by atoms with van der Waals surface area (Å²) in [4.78, 5) is 28.6. The number of nitrogens with zero attached hydrogens (tertiary/aromatic N) is 3. The minimum absolute atomic E-state index is 0.0462. The van der Waals surface area contributed by atoms with Gasteiger partial charge in [0.1, 0.15) is 11.9 Å². The summed E-state index contributed by atoms with van der Waals surface area (Å²) in [6.45, 7) is 7.21. The summed E-state index contributed by atoms with van der Waals surface area (Å²) >= 11 is 0. The van der Waals surface area contributed by atoms with Crippen LogP contribution < -0.4 is 10.0 Å². The van der Waals surface area contributed by atoms with Gasteiger partial charge in [-0.3, -0.25) is 14.3 Å². The third-order valence-electron chi connectivity index (χ3n) is 7.31. The van der Waals surface area contributed by atoms with E-state index < -0.39 is 27.4 Å². The van der Waals surface area contributed by atoms with Gasteiger partial charge >= 0.3 is 0 Å². The molecule has 2 N–H and O–H groups in total. The van der Waals surface area contributed by atoms with Crippen LogP contribution >= 0.6 is 0 Å². The van der Waals surface area contributed by atoms with Gasteiger partial charge in [-0.05, 0) is 42.0 Å². The van der Waals surface area contributed by atoms with Gasteiger partial charge in [-0.25, -0.2) is 17.5 Å². The lowest BCUT2D eigenvalue weighted by molar-refractivity contribution is -0.142. The predicted molar refractivity (Wildman–Crippen MR) is 146 cm³/mol. The summed E-state index contributed by atoms with van der Waals surface area (Å²) in [7, 11) is -3.26. The second kappa shape index (κ2) is 10.3. The van der Waals surface area contributed by atoms with E-state index >= 15 is 0 Å². The van der Waals surface area contributed by atoms with E-state index in [-0.39, 0.29) is 28.6 Å². The Labute approximate surface area is 227 Å².